The average molecular weight is 202 g/mol. The predicted octanol–water partition coefficient (Wildman–Crippen LogP) is 2.79. The van der Waals surface area contributed by atoms with Crippen molar-refractivity contribution in [2.24, 2.45) is 29.1 Å². The number of hydrogen-bond acceptors (Lipinski definition) is 1. The molecule has 15 heavy (non-hydrogen) atoms. The maximum Gasteiger partial charge on any atom is 0.0530 e. The van der Waals surface area contributed by atoms with Gasteiger partial charge in [-0.05, 0) is 42.9 Å². The summed E-state index contributed by atoms with van der Waals surface area (Å²) in [7, 11) is 1.86. The zero-order chi connectivity index (χ0) is 10.0. The molecular formula is C14H18O. The van der Waals surface area contributed by atoms with E-state index in [0.29, 0.717) is 5.41 Å². The van der Waals surface area contributed by atoms with Crippen LogP contribution in [0.1, 0.15) is 19.3 Å². The monoisotopic (exact) mass is 202 g/mol. The summed E-state index contributed by atoms with van der Waals surface area (Å²) in [4.78, 5) is 0. The van der Waals surface area contributed by atoms with Gasteiger partial charge in [-0.25, -0.2) is 0 Å². The van der Waals surface area contributed by atoms with E-state index in [2.05, 4.69) is 18.2 Å². The molecule has 0 saturated heterocycles. The van der Waals surface area contributed by atoms with Crippen molar-refractivity contribution < 1.29 is 4.74 Å². The fourth-order valence-corrected chi connectivity index (χ4v) is 4.63. The van der Waals surface area contributed by atoms with Crippen LogP contribution in [0.25, 0.3) is 0 Å². The normalized spacial score (nSPS) is 53.8. The highest BCUT2D eigenvalue weighted by Gasteiger charge is 2.67. The number of hydrogen-bond donors (Lipinski definition) is 0. The molecule has 5 atom stereocenters. The summed E-state index contributed by atoms with van der Waals surface area (Å²) in [6.07, 6.45) is 11.6. The Labute approximate surface area is 91.2 Å². The lowest BCUT2D eigenvalue weighted by Gasteiger charge is -2.31. The highest BCUT2D eigenvalue weighted by molar-refractivity contribution is 5.35. The van der Waals surface area contributed by atoms with E-state index in [1.54, 1.807) is 5.57 Å². The van der Waals surface area contributed by atoms with Gasteiger partial charge in [-0.1, -0.05) is 23.8 Å². The lowest BCUT2D eigenvalue weighted by molar-refractivity contribution is 0.114. The van der Waals surface area contributed by atoms with Crippen LogP contribution < -0.4 is 0 Å². The molecule has 0 aromatic carbocycles. The number of fused-ring (bicyclic) bond motifs is 1. The van der Waals surface area contributed by atoms with Crippen molar-refractivity contribution in [3.63, 3.8) is 0 Å². The molecule has 2 unspecified atom stereocenters. The fraction of sp³-hybridized carbons (Fsp3) is 0.714. The topological polar surface area (TPSA) is 9.23 Å². The van der Waals surface area contributed by atoms with Gasteiger partial charge in [0.25, 0.3) is 0 Å². The summed E-state index contributed by atoms with van der Waals surface area (Å²) in [6.45, 7) is 0.974. The molecule has 0 radical (unpaired) electrons. The Morgan fingerprint density at radius 3 is 3.27 bits per heavy atom. The van der Waals surface area contributed by atoms with Gasteiger partial charge in [0.2, 0.25) is 0 Å². The van der Waals surface area contributed by atoms with Gasteiger partial charge in [-0.15, -0.1) is 0 Å². The molecule has 80 valence electrons. The van der Waals surface area contributed by atoms with E-state index in [9.17, 15) is 0 Å². The summed E-state index contributed by atoms with van der Waals surface area (Å²) >= 11 is 0. The van der Waals surface area contributed by atoms with Crippen LogP contribution in [0.3, 0.4) is 0 Å². The second-order valence-corrected chi connectivity index (χ2v) is 5.88. The number of allylic oxidation sites excluding steroid dienone is 4. The molecule has 2 bridgehead atoms. The average Bonchev–Trinajstić information content (AvgIpc) is 2.71. The van der Waals surface area contributed by atoms with Gasteiger partial charge in [0.15, 0.2) is 0 Å². The molecule has 4 aliphatic carbocycles. The lowest BCUT2D eigenvalue weighted by Crippen LogP contribution is -2.24. The molecule has 0 heterocycles. The van der Waals surface area contributed by atoms with E-state index in [1.165, 1.54) is 19.3 Å². The maximum absolute atomic E-state index is 5.46. The van der Waals surface area contributed by atoms with Crippen LogP contribution in [-0.2, 0) is 4.74 Å². The quantitative estimate of drug-likeness (QED) is 0.626. The van der Waals surface area contributed by atoms with Crippen molar-refractivity contribution in [2.75, 3.05) is 13.7 Å². The minimum absolute atomic E-state index is 0.517. The molecule has 0 aromatic heterocycles. The van der Waals surface area contributed by atoms with Gasteiger partial charge < -0.3 is 4.74 Å². The van der Waals surface area contributed by atoms with E-state index in [0.717, 1.165) is 30.3 Å². The van der Waals surface area contributed by atoms with Crippen molar-refractivity contribution in [3.8, 4) is 0 Å². The molecule has 0 aromatic rings. The SMILES string of the molecule is COC[C@@]12CC3=CC[C@H]4C=CC1C2C[C@@H]34. The second-order valence-electron chi connectivity index (χ2n) is 5.88. The van der Waals surface area contributed by atoms with Crippen molar-refractivity contribution in [1.29, 1.82) is 0 Å². The van der Waals surface area contributed by atoms with Crippen LogP contribution in [-0.4, -0.2) is 13.7 Å². The van der Waals surface area contributed by atoms with Gasteiger partial charge in [0.05, 0.1) is 6.61 Å². The van der Waals surface area contributed by atoms with Crippen LogP contribution in [0.5, 0.6) is 0 Å². The predicted molar refractivity (Wildman–Crippen MR) is 59.3 cm³/mol. The fourth-order valence-electron chi connectivity index (χ4n) is 4.63. The van der Waals surface area contributed by atoms with Crippen molar-refractivity contribution in [1.82, 2.24) is 0 Å². The van der Waals surface area contributed by atoms with E-state index in [1.807, 2.05) is 7.11 Å². The Balaban J connectivity index is 1.77. The molecule has 1 heteroatoms. The Bertz CT molecular complexity index is 368. The van der Waals surface area contributed by atoms with E-state index in [4.69, 9.17) is 4.74 Å². The first-order chi connectivity index (χ1) is 7.35. The second kappa shape index (κ2) is 2.57. The summed E-state index contributed by atoms with van der Waals surface area (Å²) in [5, 5.41) is 0. The standard InChI is InChI=1S/C14H18O/c1-15-8-14-7-10-3-2-9-4-5-12(14)13(14)6-11(9)10/h3-5,9,11-13H,2,6-8H2,1H3/t9-,11+,12?,13?,14-/m0/s1. The highest BCUT2D eigenvalue weighted by Crippen LogP contribution is 2.72. The van der Waals surface area contributed by atoms with Crippen LogP contribution >= 0.6 is 0 Å². The zero-order valence-corrected chi connectivity index (χ0v) is 9.28. The third kappa shape index (κ3) is 0.891. The Morgan fingerprint density at radius 2 is 2.40 bits per heavy atom. The molecule has 0 spiro atoms. The van der Waals surface area contributed by atoms with Crippen molar-refractivity contribution >= 4 is 0 Å². The molecule has 4 rings (SSSR count). The van der Waals surface area contributed by atoms with Gasteiger partial charge in [-0.3, -0.25) is 0 Å². The van der Waals surface area contributed by atoms with Crippen molar-refractivity contribution in [3.05, 3.63) is 23.8 Å². The van der Waals surface area contributed by atoms with Crippen LogP contribution in [0.15, 0.2) is 23.8 Å². The van der Waals surface area contributed by atoms with Gasteiger partial charge in [0, 0.05) is 12.5 Å². The first kappa shape index (κ1) is 8.58. The van der Waals surface area contributed by atoms with Crippen LogP contribution in [0.2, 0.25) is 0 Å². The van der Waals surface area contributed by atoms with E-state index in [-0.39, 0.29) is 0 Å². The molecule has 0 aliphatic heterocycles. The Kier molecular flexibility index (Phi) is 1.47. The Hall–Kier alpha value is -0.560. The van der Waals surface area contributed by atoms with Gasteiger partial charge in [-0.2, -0.15) is 0 Å². The van der Waals surface area contributed by atoms with E-state index < -0.39 is 0 Å². The first-order valence-electron chi connectivity index (χ1n) is 6.21. The van der Waals surface area contributed by atoms with E-state index >= 15 is 0 Å². The van der Waals surface area contributed by atoms with Gasteiger partial charge in [0.1, 0.15) is 0 Å². The molecular weight excluding hydrogens is 184 g/mol. The number of methoxy groups -OCH3 is 1. The number of rotatable bonds is 2. The molecule has 2 saturated carbocycles. The Morgan fingerprint density at radius 1 is 1.47 bits per heavy atom. The molecule has 1 nitrogen and oxygen atoms in total. The number of ether oxygens (including phenoxy) is 1. The van der Waals surface area contributed by atoms with Crippen LogP contribution in [0.4, 0.5) is 0 Å². The largest absolute Gasteiger partial charge is 0.384 e. The third-order valence-electron chi connectivity index (χ3n) is 5.39. The summed E-state index contributed by atoms with van der Waals surface area (Å²) in [5.74, 6) is 3.55. The minimum atomic E-state index is 0.517. The van der Waals surface area contributed by atoms with Gasteiger partial charge >= 0.3 is 0 Å². The van der Waals surface area contributed by atoms with Crippen LogP contribution in [0, 0.1) is 29.1 Å². The highest BCUT2D eigenvalue weighted by atomic mass is 16.5. The molecule has 2 fully saturated rings. The minimum Gasteiger partial charge on any atom is -0.384 e. The molecule has 4 aliphatic rings. The molecule has 0 amide bonds. The van der Waals surface area contributed by atoms with Crippen molar-refractivity contribution in [2.45, 2.75) is 19.3 Å². The molecule has 0 N–H and O–H groups in total. The first-order valence-corrected chi connectivity index (χ1v) is 6.21. The summed E-state index contributed by atoms with van der Waals surface area (Å²) in [6, 6.07) is 0. The summed E-state index contributed by atoms with van der Waals surface area (Å²) in [5.41, 5.74) is 2.28. The smallest absolute Gasteiger partial charge is 0.0530 e. The third-order valence-corrected chi connectivity index (χ3v) is 5.39. The zero-order valence-electron chi connectivity index (χ0n) is 9.28. The maximum atomic E-state index is 5.46. The summed E-state index contributed by atoms with van der Waals surface area (Å²) < 4.78 is 5.46. The lowest BCUT2D eigenvalue weighted by atomic mass is 9.75.